The van der Waals surface area contributed by atoms with Crippen molar-refractivity contribution in [1.29, 1.82) is 0 Å². The standard InChI is InChI=1S/C20H27N3O6S/c1-14-19(15(2)29-22-14)30(26,27)23-10-6-7-16(12-23)20(25)21-11-17(24)13-28-18-8-4-3-5-9-18/h3-5,8-9,16-17,24H,6-7,10-13H2,1-2H3,(H,21,25). The van der Waals surface area contributed by atoms with Crippen molar-refractivity contribution in [3.8, 4) is 5.75 Å². The molecule has 1 aliphatic heterocycles. The lowest BCUT2D eigenvalue weighted by atomic mass is 9.99. The molecule has 2 N–H and O–H groups in total. The lowest BCUT2D eigenvalue weighted by Gasteiger charge is -2.31. The van der Waals surface area contributed by atoms with Crippen molar-refractivity contribution in [3.05, 3.63) is 41.8 Å². The van der Waals surface area contributed by atoms with Crippen molar-refractivity contribution in [2.75, 3.05) is 26.2 Å². The van der Waals surface area contributed by atoms with Gasteiger partial charge in [-0.15, -0.1) is 0 Å². The van der Waals surface area contributed by atoms with E-state index in [9.17, 15) is 18.3 Å². The van der Waals surface area contributed by atoms with E-state index in [1.54, 1.807) is 26.0 Å². The smallest absolute Gasteiger partial charge is 0.248 e. The summed E-state index contributed by atoms with van der Waals surface area (Å²) in [5.41, 5.74) is 0.306. The van der Waals surface area contributed by atoms with E-state index in [2.05, 4.69) is 10.5 Å². The van der Waals surface area contributed by atoms with Gasteiger partial charge in [0.2, 0.25) is 15.9 Å². The number of piperidine rings is 1. The SMILES string of the molecule is Cc1noc(C)c1S(=O)(=O)N1CCCC(C(=O)NCC(O)COc2ccccc2)C1. The van der Waals surface area contributed by atoms with Crippen LogP contribution in [-0.2, 0) is 14.8 Å². The number of hydrogen-bond donors (Lipinski definition) is 2. The highest BCUT2D eigenvalue weighted by atomic mass is 32.2. The number of nitrogens with one attached hydrogen (secondary N) is 1. The van der Waals surface area contributed by atoms with Gasteiger partial charge in [0.25, 0.3) is 0 Å². The van der Waals surface area contributed by atoms with E-state index in [0.717, 1.165) is 0 Å². The highest BCUT2D eigenvalue weighted by Crippen LogP contribution is 2.27. The number of carbonyl (C=O) groups is 1. The van der Waals surface area contributed by atoms with Gasteiger partial charge in [0.05, 0.1) is 5.92 Å². The Labute approximate surface area is 176 Å². The van der Waals surface area contributed by atoms with Crippen LogP contribution < -0.4 is 10.1 Å². The fraction of sp³-hybridized carbons (Fsp3) is 0.500. The number of rotatable bonds is 8. The lowest BCUT2D eigenvalue weighted by Crippen LogP contribution is -2.47. The summed E-state index contributed by atoms with van der Waals surface area (Å²) in [5, 5.41) is 16.5. The number of aliphatic hydroxyl groups is 1. The predicted octanol–water partition coefficient (Wildman–Crippen LogP) is 1.25. The minimum absolute atomic E-state index is 0.0266. The van der Waals surface area contributed by atoms with Gasteiger partial charge in [-0.3, -0.25) is 4.79 Å². The molecule has 0 bridgehead atoms. The van der Waals surface area contributed by atoms with Gasteiger partial charge >= 0.3 is 0 Å². The second kappa shape index (κ2) is 9.59. The Bertz CT molecular complexity index is 941. The van der Waals surface area contributed by atoms with Crippen LogP contribution in [0, 0.1) is 19.8 Å². The molecule has 1 aromatic heterocycles. The number of aliphatic hydroxyl groups excluding tert-OH is 1. The quantitative estimate of drug-likeness (QED) is 0.637. The Balaban J connectivity index is 1.53. The number of carbonyl (C=O) groups excluding carboxylic acids is 1. The lowest BCUT2D eigenvalue weighted by molar-refractivity contribution is -0.126. The minimum atomic E-state index is -3.79. The molecule has 1 saturated heterocycles. The summed E-state index contributed by atoms with van der Waals surface area (Å²) in [5.74, 6) is 0.0969. The third-order valence-corrected chi connectivity index (χ3v) is 7.13. The molecule has 1 aliphatic rings. The second-order valence-electron chi connectivity index (χ2n) is 7.38. The van der Waals surface area contributed by atoms with Crippen molar-refractivity contribution in [3.63, 3.8) is 0 Å². The van der Waals surface area contributed by atoms with E-state index in [1.807, 2.05) is 18.2 Å². The maximum atomic E-state index is 13.0. The Morgan fingerprint density at radius 2 is 2.10 bits per heavy atom. The summed E-state index contributed by atoms with van der Waals surface area (Å²) in [7, 11) is -3.79. The predicted molar refractivity (Wildman–Crippen MR) is 108 cm³/mol. The molecule has 1 amide bonds. The molecular weight excluding hydrogens is 410 g/mol. The van der Waals surface area contributed by atoms with E-state index < -0.39 is 22.0 Å². The first-order chi connectivity index (χ1) is 14.3. The van der Waals surface area contributed by atoms with Crippen LogP contribution in [0.1, 0.15) is 24.3 Å². The zero-order chi connectivity index (χ0) is 21.7. The molecule has 0 saturated carbocycles. The van der Waals surface area contributed by atoms with Gasteiger partial charge in [-0.2, -0.15) is 4.31 Å². The van der Waals surface area contributed by atoms with Crippen LogP contribution in [0.25, 0.3) is 0 Å². The minimum Gasteiger partial charge on any atom is -0.491 e. The first kappa shape index (κ1) is 22.3. The summed E-state index contributed by atoms with van der Waals surface area (Å²) in [6.07, 6.45) is 0.274. The number of nitrogens with zero attached hydrogens (tertiary/aromatic N) is 2. The van der Waals surface area contributed by atoms with Crippen LogP contribution >= 0.6 is 0 Å². The van der Waals surface area contributed by atoms with Gasteiger partial charge in [0.1, 0.15) is 29.0 Å². The zero-order valence-corrected chi connectivity index (χ0v) is 17.9. The van der Waals surface area contributed by atoms with Crippen LogP contribution in [0.3, 0.4) is 0 Å². The molecule has 2 atom stereocenters. The first-order valence-corrected chi connectivity index (χ1v) is 11.3. The molecule has 1 fully saturated rings. The zero-order valence-electron chi connectivity index (χ0n) is 17.1. The highest BCUT2D eigenvalue weighted by molar-refractivity contribution is 7.89. The molecule has 164 valence electrons. The number of ether oxygens (including phenoxy) is 1. The average Bonchev–Trinajstić information content (AvgIpc) is 3.10. The first-order valence-electron chi connectivity index (χ1n) is 9.85. The average molecular weight is 438 g/mol. The molecule has 0 aliphatic carbocycles. The molecule has 9 nitrogen and oxygen atoms in total. The Hall–Kier alpha value is -2.43. The number of hydrogen-bond acceptors (Lipinski definition) is 7. The van der Waals surface area contributed by atoms with Gasteiger partial charge in [-0.1, -0.05) is 23.4 Å². The van der Waals surface area contributed by atoms with E-state index in [0.29, 0.717) is 30.8 Å². The Morgan fingerprint density at radius 1 is 1.37 bits per heavy atom. The van der Waals surface area contributed by atoms with Crippen LogP contribution in [0.4, 0.5) is 0 Å². The Morgan fingerprint density at radius 3 is 2.77 bits per heavy atom. The fourth-order valence-corrected chi connectivity index (χ4v) is 5.29. The molecule has 2 unspecified atom stereocenters. The summed E-state index contributed by atoms with van der Waals surface area (Å²) < 4.78 is 37.7. The van der Waals surface area contributed by atoms with Crippen molar-refractivity contribution in [1.82, 2.24) is 14.8 Å². The molecular formula is C20H27N3O6S. The van der Waals surface area contributed by atoms with E-state index in [4.69, 9.17) is 9.26 Å². The molecule has 30 heavy (non-hydrogen) atoms. The normalized spacial score (nSPS) is 18.7. The molecule has 0 radical (unpaired) electrons. The number of aromatic nitrogens is 1. The molecule has 2 aromatic rings. The van der Waals surface area contributed by atoms with Gasteiger partial charge in [-0.25, -0.2) is 8.42 Å². The molecule has 2 heterocycles. The largest absolute Gasteiger partial charge is 0.491 e. The van der Waals surface area contributed by atoms with Gasteiger partial charge in [0, 0.05) is 19.6 Å². The second-order valence-corrected chi connectivity index (χ2v) is 9.25. The van der Waals surface area contributed by atoms with Crippen LogP contribution in [-0.4, -0.2) is 61.2 Å². The van der Waals surface area contributed by atoms with Gasteiger partial charge in [0.15, 0.2) is 5.76 Å². The summed E-state index contributed by atoms with van der Waals surface area (Å²) in [6.45, 7) is 3.62. The third-order valence-electron chi connectivity index (χ3n) is 5.02. The van der Waals surface area contributed by atoms with Crippen molar-refractivity contribution in [2.45, 2.75) is 37.7 Å². The summed E-state index contributed by atoms with van der Waals surface area (Å²) in [6, 6.07) is 9.08. The van der Waals surface area contributed by atoms with Crippen molar-refractivity contribution in [2.24, 2.45) is 5.92 Å². The molecule has 3 rings (SSSR count). The van der Waals surface area contributed by atoms with Crippen LogP contribution in [0.5, 0.6) is 5.75 Å². The van der Waals surface area contributed by atoms with E-state index in [1.165, 1.54) is 4.31 Å². The van der Waals surface area contributed by atoms with Gasteiger partial charge in [-0.05, 0) is 38.8 Å². The number of sulfonamides is 1. The fourth-order valence-electron chi connectivity index (χ4n) is 3.48. The molecule has 1 aromatic carbocycles. The highest BCUT2D eigenvalue weighted by Gasteiger charge is 2.36. The Kier molecular flexibility index (Phi) is 7.11. The van der Waals surface area contributed by atoms with E-state index in [-0.39, 0.29) is 36.3 Å². The maximum absolute atomic E-state index is 13.0. The third kappa shape index (κ3) is 5.18. The number of amides is 1. The summed E-state index contributed by atoms with van der Waals surface area (Å²) >= 11 is 0. The van der Waals surface area contributed by atoms with Crippen LogP contribution in [0.2, 0.25) is 0 Å². The topological polar surface area (TPSA) is 122 Å². The number of benzene rings is 1. The van der Waals surface area contributed by atoms with E-state index >= 15 is 0 Å². The van der Waals surface area contributed by atoms with Crippen molar-refractivity contribution < 1.29 is 27.6 Å². The number of para-hydroxylation sites is 1. The monoisotopic (exact) mass is 437 g/mol. The van der Waals surface area contributed by atoms with Gasteiger partial charge < -0.3 is 19.7 Å². The molecule has 10 heteroatoms. The maximum Gasteiger partial charge on any atom is 0.248 e. The van der Waals surface area contributed by atoms with Crippen LogP contribution in [0.15, 0.2) is 39.8 Å². The van der Waals surface area contributed by atoms with Crippen molar-refractivity contribution >= 4 is 15.9 Å². The summed E-state index contributed by atoms with van der Waals surface area (Å²) in [4.78, 5) is 12.6. The molecule has 0 spiro atoms. The number of aryl methyl sites for hydroxylation is 2.